The monoisotopic (exact) mass is 273 g/mol. The van der Waals surface area contributed by atoms with Gasteiger partial charge in [-0.3, -0.25) is 4.79 Å². The molecule has 0 aromatic rings. The van der Waals surface area contributed by atoms with Crippen molar-refractivity contribution >= 4 is 17.9 Å². The standard InChI is InChI=1S/C11H19N3O5/c1-19-6-7-2-3-14(5-7)11(18)13-8(10(16)17)4-9(12)15/h7-8H,2-6H2,1H3,(H2,12,15)(H,13,18)(H,16,17)/t7?,8-/m1/s1. The molecule has 3 amide bonds. The minimum atomic E-state index is -1.29. The minimum absolute atomic E-state index is 0.259. The number of nitrogens with zero attached hydrogens (tertiary/aromatic N) is 1. The fraction of sp³-hybridized carbons (Fsp3) is 0.727. The van der Waals surface area contributed by atoms with Gasteiger partial charge < -0.3 is 25.8 Å². The molecule has 1 rings (SSSR count). The molecule has 108 valence electrons. The zero-order valence-corrected chi connectivity index (χ0v) is 10.8. The predicted molar refractivity (Wildman–Crippen MR) is 65.3 cm³/mol. The van der Waals surface area contributed by atoms with E-state index in [4.69, 9.17) is 15.6 Å². The molecule has 0 aliphatic carbocycles. The normalized spacial score (nSPS) is 20.1. The average Bonchev–Trinajstić information content (AvgIpc) is 2.76. The molecule has 0 spiro atoms. The van der Waals surface area contributed by atoms with Gasteiger partial charge >= 0.3 is 12.0 Å². The number of hydrogen-bond acceptors (Lipinski definition) is 4. The molecule has 1 aliphatic rings. The van der Waals surface area contributed by atoms with Gasteiger partial charge in [0.2, 0.25) is 5.91 Å². The van der Waals surface area contributed by atoms with E-state index in [2.05, 4.69) is 5.32 Å². The molecule has 0 aromatic heterocycles. The van der Waals surface area contributed by atoms with Gasteiger partial charge in [-0.05, 0) is 6.42 Å². The zero-order valence-electron chi connectivity index (χ0n) is 10.8. The summed E-state index contributed by atoms with van der Waals surface area (Å²) >= 11 is 0. The number of aliphatic carboxylic acids is 1. The van der Waals surface area contributed by atoms with Crippen molar-refractivity contribution in [1.82, 2.24) is 10.2 Å². The molecule has 0 radical (unpaired) electrons. The second kappa shape index (κ2) is 6.93. The van der Waals surface area contributed by atoms with Crippen LogP contribution in [0.4, 0.5) is 4.79 Å². The number of methoxy groups -OCH3 is 1. The molecule has 8 heteroatoms. The third kappa shape index (κ3) is 4.74. The number of hydrogen-bond donors (Lipinski definition) is 3. The predicted octanol–water partition coefficient (Wildman–Crippen LogP) is -1.01. The van der Waals surface area contributed by atoms with Gasteiger partial charge in [0.15, 0.2) is 0 Å². The summed E-state index contributed by atoms with van der Waals surface area (Å²) in [5, 5.41) is 11.2. The fourth-order valence-electron chi connectivity index (χ4n) is 2.03. The van der Waals surface area contributed by atoms with Crippen molar-refractivity contribution in [2.24, 2.45) is 11.7 Å². The lowest BCUT2D eigenvalue weighted by molar-refractivity contribution is -0.140. The number of carboxylic acids is 1. The third-order valence-corrected chi connectivity index (χ3v) is 2.98. The van der Waals surface area contributed by atoms with Crippen LogP contribution in [0.3, 0.4) is 0 Å². The molecule has 1 aliphatic heterocycles. The molecule has 1 heterocycles. The zero-order chi connectivity index (χ0) is 14.4. The number of amides is 3. The van der Waals surface area contributed by atoms with E-state index in [9.17, 15) is 14.4 Å². The van der Waals surface area contributed by atoms with Crippen molar-refractivity contribution in [3.05, 3.63) is 0 Å². The summed E-state index contributed by atoms with van der Waals surface area (Å²) in [7, 11) is 1.59. The Morgan fingerprint density at radius 2 is 2.21 bits per heavy atom. The molecule has 1 saturated heterocycles. The summed E-state index contributed by atoms with van der Waals surface area (Å²) in [5.41, 5.74) is 4.94. The topological polar surface area (TPSA) is 122 Å². The number of nitrogens with two attached hydrogens (primary N) is 1. The van der Waals surface area contributed by atoms with Gasteiger partial charge in [0.05, 0.1) is 13.0 Å². The maximum absolute atomic E-state index is 11.9. The number of nitrogens with one attached hydrogen (secondary N) is 1. The summed E-state index contributed by atoms with van der Waals surface area (Å²) in [5.74, 6) is -1.79. The molecule has 1 unspecified atom stereocenters. The van der Waals surface area contributed by atoms with Crippen molar-refractivity contribution in [3.8, 4) is 0 Å². The number of carboxylic acid groups (broad SMARTS) is 1. The van der Waals surface area contributed by atoms with Crippen molar-refractivity contribution in [1.29, 1.82) is 0 Å². The summed E-state index contributed by atoms with van der Waals surface area (Å²) in [6.45, 7) is 1.62. The summed E-state index contributed by atoms with van der Waals surface area (Å²) in [6.07, 6.45) is 0.394. The highest BCUT2D eigenvalue weighted by Crippen LogP contribution is 2.16. The first kappa shape index (κ1) is 15.2. The van der Waals surface area contributed by atoms with E-state index >= 15 is 0 Å². The molecule has 2 atom stereocenters. The van der Waals surface area contributed by atoms with Crippen LogP contribution in [-0.2, 0) is 14.3 Å². The Kier molecular flexibility index (Phi) is 5.56. The lowest BCUT2D eigenvalue weighted by atomic mass is 10.1. The largest absolute Gasteiger partial charge is 0.480 e. The van der Waals surface area contributed by atoms with Gasteiger partial charge in [0, 0.05) is 26.1 Å². The summed E-state index contributed by atoms with van der Waals surface area (Å²) < 4.78 is 5.01. The Morgan fingerprint density at radius 3 is 2.74 bits per heavy atom. The smallest absolute Gasteiger partial charge is 0.326 e. The van der Waals surface area contributed by atoms with Gasteiger partial charge in [0.1, 0.15) is 6.04 Å². The fourth-order valence-corrected chi connectivity index (χ4v) is 2.03. The Bertz CT molecular complexity index is 360. The number of carbonyl (C=O) groups is 3. The lowest BCUT2D eigenvalue weighted by Gasteiger charge is -2.20. The minimum Gasteiger partial charge on any atom is -0.480 e. The second-order valence-electron chi connectivity index (χ2n) is 4.57. The first-order valence-corrected chi connectivity index (χ1v) is 5.99. The van der Waals surface area contributed by atoms with Crippen LogP contribution in [0.25, 0.3) is 0 Å². The van der Waals surface area contributed by atoms with E-state index in [1.54, 1.807) is 7.11 Å². The van der Waals surface area contributed by atoms with Gasteiger partial charge in [-0.15, -0.1) is 0 Å². The van der Waals surface area contributed by atoms with E-state index in [-0.39, 0.29) is 5.92 Å². The van der Waals surface area contributed by atoms with Crippen LogP contribution in [0.1, 0.15) is 12.8 Å². The SMILES string of the molecule is COCC1CCN(C(=O)N[C@H](CC(N)=O)C(=O)O)C1. The maximum Gasteiger partial charge on any atom is 0.326 e. The van der Waals surface area contributed by atoms with Gasteiger partial charge in [-0.2, -0.15) is 0 Å². The van der Waals surface area contributed by atoms with Gasteiger partial charge in [0.25, 0.3) is 0 Å². The molecule has 0 bridgehead atoms. The van der Waals surface area contributed by atoms with Crippen LogP contribution in [0.5, 0.6) is 0 Å². The molecular weight excluding hydrogens is 254 g/mol. The Hall–Kier alpha value is -1.83. The molecule has 0 saturated carbocycles. The lowest BCUT2D eigenvalue weighted by Crippen LogP contribution is -2.48. The number of primary amides is 1. The Morgan fingerprint density at radius 1 is 1.53 bits per heavy atom. The van der Waals surface area contributed by atoms with Crippen molar-refractivity contribution in [2.75, 3.05) is 26.8 Å². The van der Waals surface area contributed by atoms with Crippen LogP contribution in [0, 0.1) is 5.92 Å². The second-order valence-corrected chi connectivity index (χ2v) is 4.57. The van der Waals surface area contributed by atoms with Crippen LogP contribution in [-0.4, -0.2) is 60.8 Å². The highest BCUT2D eigenvalue weighted by atomic mass is 16.5. The molecule has 4 N–H and O–H groups in total. The quantitative estimate of drug-likeness (QED) is 0.572. The van der Waals surface area contributed by atoms with E-state index in [1.165, 1.54) is 4.90 Å². The first-order chi connectivity index (χ1) is 8.93. The molecule has 0 aromatic carbocycles. The molecular formula is C11H19N3O5. The van der Waals surface area contributed by atoms with Crippen molar-refractivity contribution < 1.29 is 24.2 Å². The van der Waals surface area contributed by atoms with E-state index < -0.39 is 30.4 Å². The average molecular weight is 273 g/mol. The summed E-state index contributed by atoms with van der Waals surface area (Å²) in [4.78, 5) is 35.0. The number of rotatable bonds is 6. The van der Waals surface area contributed by atoms with Crippen LogP contribution in [0.2, 0.25) is 0 Å². The van der Waals surface area contributed by atoms with E-state index in [0.717, 1.165) is 6.42 Å². The Labute approximate surface area is 110 Å². The summed E-state index contributed by atoms with van der Waals surface area (Å²) in [6, 6.07) is -1.78. The number of carbonyl (C=O) groups excluding carboxylic acids is 2. The number of likely N-dealkylation sites (tertiary alicyclic amines) is 1. The van der Waals surface area contributed by atoms with Gasteiger partial charge in [-0.1, -0.05) is 0 Å². The van der Waals surface area contributed by atoms with Gasteiger partial charge in [-0.25, -0.2) is 9.59 Å². The number of urea groups is 1. The highest BCUT2D eigenvalue weighted by Gasteiger charge is 2.29. The highest BCUT2D eigenvalue weighted by molar-refractivity contribution is 5.87. The van der Waals surface area contributed by atoms with Crippen LogP contribution >= 0.6 is 0 Å². The maximum atomic E-state index is 11.9. The van der Waals surface area contributed by atoms with E-state index in [0.29, 0.717) is 19.7 Å². The Balaban J connectivity index is 2.49. The van der Waals surface area contributed by atoms with Crippen LogP contribution in [0.15, 0.2) is 0 Å². The molecule has 1 fully saturated rings. The van der Waals surface area contributed by atoms with Crippen molar-refractivity contribution in [2.45, 2.75) is 18.9 Å². The van der Waals surface area contributed by atoms with E-state index in [1.807, 2.05) is 0 Å². The first-order valence-electron chi connectivity index (χ1n) is 5.99. The van der Waals surface area contributed by atoms with Crippen LogP contribution < -0.4 is 11.1 Å². The third-order valence-electron chi connectivity index (χ3n) is 2.98. The van der Waals surface area contributed by atoms with Crippen molar-refractivity contribution in [3.63, 3.8) is 0 Å². The molecule has 8 nitrogen and oxygen atoms in total. The number of ether oxygens (including phenoxy) is 1. The molecule has 19 heavy (non-hydrogen) atoms.